The van der Waals surface area contributed by atoms with E-state index >= 15 is 0 Å². The molecule has 1 aliphatic heterocycles. The molecule has 0 aromatic heterocycles. The lowest BCUT2D eigenvalue weighted by Gasteiger charge is -2.35. The molecule has 1 heterocycles. The standard InChI is InChI=1S/C13H23NO2/c1-11(2)16-10-13(4-5-13)9-14-6-7-15-8-12(14)3/h12H,1,4-10H2,2-3H3. The van der Waals surface area contributed by atoms with Crippen molar-refractivity contribution in [3.8, 4) is 0 Å². The van der Waals surface area contributed by atoms with Crippen LogP contribution >= 0.6 is 0 Å². The second-order valence-corrected chi connectivity index (χ2v) is 5.39. The molecular formula is C13H23NO2. The zero-order valence-electron chi connectivity index (χ0n) is 10.5. The van der Waals surface area contributed by atoms with Crippen molar-refractivity contribution in [1.82, 2.24) is 4.90 Å². The van der Waals surface area contributed by atoms with Crippen molar-refractivity contribution in [2.45, 2.75) is 32.7 Å². The van der Waals surface area contributed by atoms with Gasteiger partial charge >= 0.3 is 0 Å². The lowest BCUT2D eigenvalue weighted by Crippen LogP contribution is -2.46. The van der Waals surface area contributed by atoms with Crippen LogP contribution in [0.15, 0.2) is 12.3 Å². The van der Waals surface area contributed by atoms with E-state index in [1.54, 1.807) is 0 Å². The Hall–Kier alpha value is -0.540. The highest BCUT2D eigenvalue weighted by Gasteiger charge is 2.45. The molecule has 16 heavy (non-hydrogen) atoms. The third-order valence-corrected chi connectivity index (χ3v) is 3.63. The van der Waals surface area contributed by atoms with Crippen molar-refractivity contribution < 1.29 is 9.47 Å². The Balaban J connectivity index is 1.81. The van der Waals surface area contributed by atoms with Crippen LogP contribution in [-0.4, -0.2) is 43.9 Å². The normalized spacial score (nSPS) is 28.8. The van der Waals surface area contributed by atoms with Gasteiger partial charge < -0.3 is 9.47 Å². The minimum Gasteiger partial charge on any atom is -0.498 e. The molecule has 2 rings (SSSR count). The maximum Gasteiger partial charge on any atom is 0.0945 e. The van der Waals surface area contributed by atoms with E-state index in [-0.39, 0.29) is 0 Å². The van der Waals surface area contributed by atoms with E-state index in [0.29, 0.717) is 11.5 Å². The van der Waals surface area contributed by atoms with Gasteiger partial charge in [-0.15, -0.1) is 0 Å². The first kappa shape index (κ1) is 11.9. The number of rotatable bonds is 5. The third kappa shape index (κ3) is 2.98. The summed E-state index contributed by atoms with van der Waals surface area (Å²) in [6.45, 7) is 12.8. The van der Waals surface area contributed by atoms with Gasteiger partial charge in [-0.1, -0.05) is 6.58 Å². The highest BCUT2D eigenvalue weighted by atomic mass is 16.5. The molecule has 0 N–H and O–H groups in total. The molecule has 0 amide bonds. The van der Waals surface area contributed by atoms with Crippen molar-refractivity contribution in [2.75, 3.05) is 32.9 Å². The Morgan fingerprint density at radius 3 is 2.88 bits per heavy atom. The maximum absolute atomic E-state index is 5.59. The lowest BCUT2D eigenvalue weighted by atomic mass is 10.1. The Morgan fingerprint density at radius 2 is 2.31 bits per heavy atom. The van der Waals surface area contributed by atoms with Crippen molar-refractivity contribution in [3.63, 3.8) is 0 Å². The van der Waals surface area contributed by atoms with Gasteiger partial charge in [0.1, 0.15) is 0 Å². The Kier molecular flexibility index (Phi) is 3.55. The summed E-state index contributed by atoms with van der Waals surface area (Å²) in [4.78, 5) is 2.54. The topological polar surface area (TPSA) is 21.7 Å². The molecule has 0 bridgehead atoms. The zero-order chi connectivity index (χ0) is 11.6. The van der Waals surface area contributed by atoms with Gasteiger partial charge in [-0.2, -0.15) is 0 Å². The number of ether oxygens (including phenoxy) is 2. The van der Waals surface area contributed by atoms with Crippen LogP contribution in [-0.2, 0) is 9.47 Å². The molecule has 2 fully saturated rings. The molecule has 1 saturated heterocycles. The van der Waals surface area contributed by atoms with Crippen LogP contribution < -0.4 is 0 Å². The molecule has 0 aromatic carbocycles. The summed E-state index contributed by atoms with van der Waals surface area (Å²) in [5, 5.41) is 0. The number of hydrogen-bond donors (Lipinski definition) is 0. The Morgan fingerprint density at radius 1 is 1.56 bits per heavy atom. The molecular weight excluding hydrogens is 202 g/mol. The van der Waals surface area contributed by atoms with Gasteiger partial charge in [-0.3, -0.25) is 4.90 Å². The van der Waals surface area contributed by atoms with Crippen molar-refractivity contribution >= 4 is 0 Å². The monoisotopic (exact) mass is 225 g/mol. The number of morpholine rings is 1. The summed E-state index contributed by atoms with van der Waals surface area (Å²) in [5.41, 5.74) is 0.407. The smallest absolute Gasteiger partial charge is 0.0945 e. The van der Waals surface area contributed by atoms with E-state index in [2.05, 4.69) is 18.4 Å². The first-order valence-corrected chi connectivity index (χ1v) is 6.21. The van der Waals surface area contributed by atoms with E-state index < -0.39 is 0 Å². The molecule has 3 nitrogen and oxygen atoms in total. The van der Waals surface area contributed by atoms with Crippen LogP contribution in [0.25, 0.3) is 0 Å². The van der Waals surface area contributed by atoms with Gasteiger partial charge in [0.25, 0.3) is 0 Å². The van der Waals surface area contributed by atoms with Crippen LogP contribution in [0.5, 0.6) is 0 Å². The highest BCUT2D eigenvalue weighted by molar-refractivity contribution is 4.97. The number of hydrogen-bond acceptors (Lipinski definition) is 3. The number of allylic oxidation sites excluding steroid dienone is 1. The number of nitrogens with zero attached hydrogens (tertiary/aromatic N) is 1. The summed E-state index contributed by atoms with van der Waals surface area (Å²) in [7, 11) is 0. The van der Waals surface area contributed by atoms with Gasteiger partial charge in [0, 0.05) is 24.5 Å². The first-order chi connectivity index (χ1) is 7.61. The van der Waals surface area contributed by atoms with Gasteiger partial charge in [0.2, 0.25) is 0 Å². The van der Waals surface area contributed by atoms with E-state index in [0.717, 1.165) is 38.7 Å². The largest absolute Gasteiger partial charge is 0.498 e. The summed E-state index contributed by atoms with van der Waals surface area (Å²) < 4.78 is 11.1. The Labute approximate surface area is 98.4 Å². The summed E-state index contributed by atoms with van der Waals surface area (Å²) in [6.07, 6.45) is 2.59. The van der Waals surface area contributed by atoms with Crippen LogP contribution in [0.3, 0.4) is 0 Å². The molecule has 1 aliphatic carbocycles. The van der Waals surface area contributed by atoms with E-state index in [4.69, 9.17) is 9.47 Å². The van der Waals surface area contributed by atoms with Crippen LogP contribution in [0.2, 0.25) is 0 Å². The molecule has 2 aliphatic rings. The average molecular weight is 225 g/mol. The summed E-state index contributed by atoms with van der Waals surface area (Å²) >= 11 is 0. The molecule has 0 spiro atoms. The second-order valence-electron chi connectivity index (χ2n) is 5.39. The lowest BCUT2D eigenvalue weighted by molar-refractivity contribution is -0.0158. The van der Waals surface area contributed by atoms with Crippen LogP contribution in [0, 0.1) is 5.41 Å². The molecule has 92 valence electrons. The quantitative estimate of drug-likeness (QED) is 0.668. The zero-order valence-corrected chi connectivity index (χ0v) is 10.5. The molecule has 3 heteroatoms. The van der Waals surface area contributed by atoms with Crippen molar-refractivity contribution in [2.24, 2.45) is 5.41 Å². The third-order valence-electron chi connectivity index (χ3n) is 3.63. The van der Waals surface area contributed by atoms with Crippen LogP contribution in [0.1, 0.15) is 26.7 Å². The average Bonchev–Trinajstić information content (AvgIpc) is 3.00. The van der Waals surface area contributed by atoms with E-state index in [1.165, 1.54) is 12.8 Å². The highest BCUT2D eigenvalue weighted by Crippen LogP contribution is 2.47. The molecule has 1 atom stereocenters. The van der Waals surface area contributed by atoms with Crippen LogP contribution in [0.4, 0.5) is 0 Å². The predicted octanol–water partition coefficient (Wildman–Crippen LogP) is 2.04. The Bertz CT molecular complexity index is 261. The van der Waals surface area contributed by atoms with E-state index in [1.807, 2.05) is 6.92 Å². The molecule has 1 saturated carbocycles. The molecule has 0 aromatic rings. The van der Waals surface area contributed by atoms with Gasteiger partial charge in [0.15, 0.2) is 0 Å². The maximum atomic E-state index is 5.59. The minimum atomic E-state index is 0.407. The second kappa shape index (κ2) is 4.76. The minimum absolute atomic E-state index is 0.407. The van der Waals surface area contributed by atoms with Gasteiger partial charge in [-0.25, -0.2) is 0 Å². The summed E-state index contributed by atoms with van der Waals surface area (Å²) in [6, 6.07) is 0.552. The van der Waals surface area contributed by atoms with Gasteiger partial charge in [0.05, 0.1) is 25.6 Å². The van der Waals surface area contributed by atoms with Crippen molar-refractivity contribution in [3.05, 3.63) is 12.3 Å². The summed E-state index contributed by atoms with van der Waals surface area (Å²) in [5.74, 6) is 0.835. The van der Waals surface area contributed by atoms with Crippen molar-refractivity contribution in [1.29, 1.82) is 0 Å². The predicted molar refractivity (Wildman–Crippen MR) is 64.3 cm³/mol. The molecule has 1 unspecified atom stereocenters. The molecule has 0 radical (unpaired) electrons. The SMILES string of the molecule is C=C(C)OCC1(CN2CCOCC2C)CC1. The van der Waals surface area contributed by atoms with Gasteiger partial charge in [-0.05, 0) is 26.7 Å². The fourth-order valence-electron chi connectivity index (χ4n) is 2.23. The fourth-order valence-corrected chi connectivity index (χ4v) is 2.23. The fraction of sp³-hybridized carbons (Fsp3) is 0.846. The van der Waals surface area contributed by atoms with E-state index in [9.17, 15) is 0 Å². The first-order valence-electron chi connectivity index (χ1n) is 6.21.